The van der Waals surface area contributed by atoms with Gasteiger partial charge in [-0.1, -0.05) is 84.4 Å². The van der Waals surface area contributed by atoms with Gasteiger partial charge in [-0.2, -0.15) is 0 Å². The Balaban J connectivity index is 2.26. The van der Waals surface area contributed by atoms with E-state index >= 15 is 0 Å². The first kappa shape index (κ1) is 97.3. The zero-order valence-corrected chi connectivity index (χ0v) is 65.1. The molecule has 24 N–H and O–H groups in total. The third-order valence-electron chi connectivity index (χ3n) is 18.8. The van der Waals surface area contributed by atoms with E-state index in [1.807, 2.05) is 10.6 Å². The number of para-hydroxylation sites is 1. The highest BCUT2D eigenvalue weighted by atomic mass is 16.5. The van der Waals surface area contributed by atoms with Crippen LogP contribution >= 0.6 is 0 Å². The quantitative estimate of drug-likeness (QED) is 0.0222. The number of hydrogen-bond acceptors (Lipinski definition) is 23. The number of H-pyrrole nitrogens is 1. The lowest BCUT2D eigenvalue weighted by molar-refractivity contribution is -0.159. The molecule has 1 aliphatic rings. The first-order chi connectivity index (χ1) is 54.1. The number of aliphatic carboxylic acids is 4. The van der Waals surface area contributed by atoms with Crippen LogP contribution in [0.4, 0.5) is 0 Å². The Kier molecular flexibility index (Phi) is 41.3. The lowest BCUT2D eigenvalue weighted by atomic mass is 9.98. The molecule has 1 fully saturated rings. The molecule has 115 heavy (non-hydrogen) atoms. The van der Waals surface area contributed by atoms with Crippen molar-refractivity contribution in [2.24, 2.45) is 29.0 Å². The van der Waals surface area contributed by atoms with Crippen LogP contribution in [0, 0.1) is 11.8 Å². The molecule has 0 bridgehead atoms. The second-order valence-electron chi connectivity index (χ2n) is 28.1. The monoisotopic (exact) mass is 1630 g/mol. The molecule has 15 atom stereocenters. The number of cyclic esters (lactones) is 1. The van der Waals surface area contributed by atoms with Crippen molar-refractivity contribution in [3.63, 3.8) is 0 Å². The third-order valence-corrected chi connectivity index (χ3v) is 18.8. The average molecular weight is 1630 g/mol. The number of fused-ring (bicyclic) bond motifs is 1. The van der Waals surface area contributed by atoms with Crippen molar-refractivity contribution in [1.29, 1.82) is 0 Å². The molecular weight excluding hydrogens is 1520 g/mol. The smallest absolute Gasteiger partial charge is 0.329 e. The lowest BCUT2D eigenvalue weighted by Gasteiger charge is -2.32. The normalized spacial score (nSPS) is 21.9. The minimum Gasteiger partial charge on any atom is -0.481 e. The first-order valence-corrected chi connectivity index (χ1v) is 37.5. The van der Waals surface area contributed by atoms with Gasteiger partial charge in [-0.25, -0.2) is 4.79 Å². The number of primary amides is 2. The van der Waals surface area contributed by atoms with E-state index in [1.54, 1.807) is 30.5 Å². The molecule has 2 unspecified atom stereocenters. The predicted molar refractivity (Wildman–Crippen MR) is 402 cm³/mol. The number of carboxylic acid groups (broad SMARTS) is 4. The summed E-state index contributed by atoms with van der Waals surface area (Å²) < 4.78 is 5.75. The zero-order valence-electron chi connectivity index (χ0n) is 65.1. The summed E-state index contributed by atoms with van der Waals surface area (Å²) in [4.78, 5) is 276. The standard InChI is InChI=1S/C72H109N17O26/c1-8-35(3)18-12-10-11-13-22-50(91)79-45(28-39-32-76-41-20-15-14-19-40(39)41)67(109)82-44(24-26-54(96)97)66(108)88-59(60(102)61(75)103)70(112)87-58-38(6)115-72(114)57(36(4)9-2)86-65(107)43(23-25-53(94)95)83-68(110)46(29-49(74)90)80-51(92)33-77-63(105)47(30-55(98)99)85-64(106)42(21-16-17-27-73)81-69(111)48(31-56(100)101)84-62(104)37(5)78-52(93)34-89(7)71(58)113/h14-15,19-20,32,35-38,42-48,57-60,76,102H,8-13,16-18,21-31,33-34,73H2,1-7H3,(H2,74,90)(H2,75,103)(H,77,105)(H,78,93)(H,79,91)(H,80,92)(H,81,111)(H,82,109)(H,83,110)(H,84,104)(H,85,106)(H,86,107)(H,87,112)(H,88,108)(H,94,95)(H,96,97)(H,98,99)(H,100,101)/t35?,36-,37-,38+,42+,43-,44+,45-,46+,47-,48-,57-,58-,59-,60?/m0/s1. The average Bonchev–Trinajstić information content (AvgIpc) is 1.77. The van der Waals surface area contributed by atoms with E-state index in [1.165, 1.54) is 13.8 Å². The SMILES string of the molecule is CCC(C)CCCCCCC(=O)N[C@@H](Cc1c[nH]c2ccccc12)C(=O)N[C@H](CCC(=O)O)C(=O)N[C@H](C(=O)N[C@@H]1C(=O)N(C)CC(=O)N[C@@H](C)C(=O)N[C@@H](CC(=O)O)C(=O)N[C@H](CCCCN)C(=O)N[C@@H](CC(=O)O)C(=O)NCC(=O)N[C@H](CC(N)=O)C(=O)N[C@@H](CCC(=O)O)C(=O)N[C@@H]([C@@H](C)CC)C(=O)O[C@@H]1C)C(O)C(N)=O. The van der Waals surface area contributed by atoms with Crippen LogP contribution in [0.5, 0.6) is 0 Å². The summed E-state index contributed by atoms with van der Waals surface area (Å²) in [6.45, 7) is 6.78. The Morgan fingerprint density at radius 2 is 1.15 bits per heavy atom. The first-order valence-electron chi connectivity index (χ1n) is 37.5. The highest BCUT2D eigenvalue weighted by molar-refractivity contribution is 6.02. The molecule has 0 spiro atoms. The number of ether oxygens (including phenoxy) is 1. The van der Waals surface area contributed by atoms with Gasteiger partial charge < -0.3 is 121 Å². The summed E-state index contributed by atoms with van der Waals surface area (Å²) in [5, 5.41) is 77.7. The molecule has 2 aromatic rings. The Morgan fingerprint density at radius 1 is 0.583 bits per heavy atom. The number of hydrogen-bond donors (Lipinski definition) is 21. The number of amides is 15. The molecule has 0 aliphatic carbocycles. The maximum absolute atomic E-state index is 15.0. The molecule has 43 nitrogen and oxygen atoms in total. The fourth-order valence-electron chi connectivity index (χ4n) is 11.7. The molecule has 0 radical (unpaired) electrons. The van der Waals surface area contributed by atoms with Crippen LogP contribution in [0.2, 0.25) is 0 Å². The van der Waals surface area contributed by atoms with Gasteiger partial charge in [0.15, 0.2) is 6.10 Å². The molecule has 43 heteroatoms. The minimum atomic E-state index is -2.80. The summed E-state index contributed by atoms with van der Waals surface area (Å²) >= 11 is 0. The molecule has 2 heterocycles. The van der Waals surface area contributed by atoms with Gasteiger partial charge in [0.2, 0.25) is 88.6 Å². The highest BCUT2D eigenvalue weighted by Crippen LogP contribution is 2.21. The van der Waals surface area contributed by atoms with Crippen molar-refractivity contribution in [3.05, 3.63) is 36.0 Å². The van der Waals surface area contributed by atoms with Crippen LogP contribution in [-0.4, -0.2) is 259 Å². The summed E-state index contributed by atoms with van der Waals surface area (Å²) in [5.41, 5.74) is 17.7. The number of nitrogens with zero attached hydrogens (tertiary/aromatic N) is 1. The summed E-state index contributed by atoms with van der Waals surface area (Å²) in [7, 11) is 0.902. The second kappa shape index (κ2) is 48.9. The number of aliphatic hydroxyl groups is 1. The van der Waals surface area contributed by atoms with Gasteiger partial charge in [0.1, 0.15) is 72.6 Å². The fraction of sp³-hybridized carbons (Fsp3) is 0.611. The largest absolute Gasteiger partial charge is 0.481 e. The van der Waals surface area contributed by atoms with E-state index in [2.05, 4.69) is 72.0 Å². The summed E-state index contributed by atoms with van der Waals surface area (Å²) in [6, 6.07) is -15.2. The molecule has 15 amide bonds. The number of nitrogens with one attached hydrogen (secondary N) is 13. The number of carbonyl (C=O) groups is 20. The lowest BCUT2D eigenvalue weighted by Crippen LogP contribution is -2.64. The van der Waals surface area contributed by atoms with E-state index in [4.69, 9.17) is 21.9 Å². The summed E-state index contributed by atoms with van der Waals surface area (Å²) in [6.07, 6.45) is -5.60. The van der Waals surface area contributed by atoms with Crippen LogP contribution in [0.1, 0.15) is 163 Å². The van der Waals surface area contributed by atoms with Gasteiger partial charge in [-0.15, -0.1) is 0 Å². The van der Waals surface area contributed by atoms with Crippen molar-refractivity contribution >= 4 is 129 Å². The topological polar surface area (TPSA) is 693 Å². The molecule has 1 aliphatic heterocycles. The van der Waals surface area contributed by atoms with Crippen LogP contribution < -0.4 is 81.0 Å². The number of carbonyl (C=O) groups excluding carboxylic acids is 16. The van der Waals surface area contributed by atoms with Gasteiger partial charge in [-0.3, -0.25) is 91.1 Å². The van der Waals surface area contributed by atoms with Gasteiger partial charge in [0.25, 0.3) is 0 Å². The number of carboxylic acids is 4. The number of unbranched alkanes of at least 4 members (excludes halogenated alkanes) is 4. The van der Waals surface area contributed by atoms with Gasteiger partial charge in [0, 0.05) is 49.8 Å². The molecule has 0 saturated carbocycles. The number of aromatic nitrogens is 1. The number of benzene rings is 1. The van der Waals surface area contributed by atoms with Gasteiger partial charge in [0.05, 0.1) is 32.4 Å². The number of nitrogens with two attached hydrogens (primary N) is 3. The van der Waals surface area contributed by atoms with Crippen molar-refractivity contribution in [2.45, 2.75) is 242 Å². The Labute approximate surface area is 660 Å². The Bertz CT molecular complexity index is 3820. The number of esters is 1. The maximum Gasteiger partial charge on any atom is 0.329 e. The van der Waals surface area contributed by atoms with E-state index in [0.29, 0.717) is 40.1 Å². The molecule has 1 saturated heterocycles. The fourth-order valence-corrected chi connectivity index (χ4v) is 11.7. The zero-order chi connectivity index (χ0) is 86.5. The highest BCUT2D eigenvalue weighted by Gasteiger charge is 2.43. The van der Waals surface area contributed by atoms with Crippen molar-refractivity contribution in [1.82, 2.24) is 73.7 Å². The molecule has 1 aromatic heterocycles. The van der Waals surface area contributed by atoms with Crippen molar-refractivity contribution in [3.8, 4) is 0 Å². The van der Waals surface area contributed by atoms with E-state index in [9.17, 15) is 121 Å². The Morgan fingerprint density at radius 3 is 1.74 bits per heavy atom. The van der Waals surface area contributed by atoms with E-state index < -0.39 is 261 Å². The van der Waals surface area contributed by atoms with Crippen molar-refractivity contribution in [2.75, 3.05) is 26.7 Å². The van der Waals surface area contributed by atoms with Crippen LogP contribution in [0.25, 0.3) is 10.9 Å². The van der Waals surface area contributed by atoms with Crippen LogP contribution in [0.3, 0.4) is 0 Å². The minimum absolute atomic E-state index is 0.0236. The molecule has 638 valence electrons. The van der Waals surface area contributed by atoms with Crippen LogP contribution in [-0.2, 0) is 107 Å². The summed E-state index contributed by atoms with van der Waals surface area (Å²) in [5.74, 6) is -28.5. The molecule has 3 rings (SSSR count). The number of aromatic amines is 1. The van der Waals surface area contributed by atoms with Gasteiger partial charge >= 0.3 is 29.8 Å². The number of likely N-dealkylation sites (N-methyl/N-ethyl adjacent to an activating group) is 1. The van der Waals surface area contributed by atoms with Gasteiger partial charge in [-0.05, 0) is 82.4 Å². The predicted octanol–water partition coefficient (Wildman–Crippen LogP) is -5.45. The van der Waals surface area contributed by atoms with E-state index in [-0.39, 0.29) is 45.1 Å². The van der Waals surface area contributed by atoms with Crippen LogP contribution in [0.15, 0.2) is 30.5 Å². The van der Waals surface area contributed by atoms with E-state index in [0.717, 1.165) is 46.6 Å². The second-order valence-corrected chi connectivity index (χ2v) is 28.1. The number of rotatable bonds is 37. The van der Waals surface area contributed by atoms with Crippen molar-refractivity contribution < 1.29 is 126 Å². The number of aliphatic hydroxyl groups excluding tert-OH is 1. The Hall–Kier alpha value is -11.9. The maximum atomic E-state index is 15.0. The third kappa shape index (κ3) is 34.1. The molecule has 1 aromatic carbocycles. The molecular formula is C72H109N17O26.